The lowest BCUT2D eigenvalue weighted by Gasteiger charge is -2.13. The van der Waals surface area contributed by atoms with Crippen molar-refractivity contribution in [1.82, 2.24) is 0 Å². The molecule has 0 aliphatic heterocycles. The number of aliphatic hydroxyl groups is 1. The number of alkyl halides is 3. The van der Waals surface area contributed by atoms with Gasteiger partial charge < -0.3 is 5.11 Å². The van der Waals surface area contributed by atoms with Gasteiger partial charge in [0.05, 0.1) is 0 Å². The van der Waals surface area contributed by atoms with Crippen molar-refractivity contribution in [3.63, 3.8) is 0 Å². The highest BCUT2D eigenvalue weighted by Crippen LogP contribution is 2.36. The minimum Gasteiger partial charge on any atom is -0.377 e. The molecule has 0 aliphatic rings. The van der Waals surface area contributed by atoms with E-state index >= 15 is 0 Å². The van der Waals surface area contributed by atoms with E-state index in [-0.39, 0.29) is 0 Å². The Labute approximate surface area is 120 Å². The van der Waals surface area contributed by atoms with Crippen LogP contribution in [0.3, 0.4) is 0 Å². The van der Waals surface area contributed by atoms with Crippen molar-refractivity contribution >= 4 is 47.8 Å². The monoisotopic (exact) mass is 404 g/mol. The Morgan fingerprint density at radius 1 is 1.06 bits per heavy atom. The van der Waals surface area contributed by atoms with Gasteiger partial charge in [0, 0.05) is 5.56 Å². The third kappa shape index (κ3) is 5.18. The molecule has 4 heteroatoms. The summed E-state index contributed by atoms with van der Waals surface area (Å²) in [5, 5.41) is 9.50. The molecule has 0 aliphatic carbocycles. The summed E-state index contributed by atoms with van der Waals surface area (Å²) in [5.74, 6) is 10.7. The molecule has 16 heavy (non-hydrogen) atoms. The predicted molar refractivity (Wildman–Crippen MR) is 76.6 cm³/mol. The van der Waals surface area contributed by atoms with Crippen LogP contribution in [0, 0.1) is 23.7 Å². The minimum atomic E-state index is -0.891. The van der Waals surface area contributed by atoms with E-state index in [9.17, 15) is 5.11 Å². The highest BCUT2D eigenvalue weighted by atomic mass is 80.0. The zero-order valence-corrected chi connectivity index (χ0v) is 12.8. The summed E-state index contributed by atoms with van der Waals surface area (Å²) in [6, 6.07) is 9.54. The molecule has 0 bridgehead atoms. The molecule has 1 aromatic carbocycles. The number of rotatable bonds is 0. The Balaban J connectivity index is 2.66. The zero-order valence-electron chi connectivity index (χ0n) is 8.05. The summed E-state index contributed by atoms with van der Waals surface area (Å²) in [5.41, 5.74) is 0.897. The van der Waals surface area contributed by atoms with Crippen molar-refractivity contribution in [1.29, 1.82) is 0 Å². The Hall–Kier alpha value is -0.260. The van der Waals surface area contributed by atoms with Gasteiger partial charge in [0.1, 0.15) is 0 Å². The average molecular weight is 407 g/mol. The summed E-state index contributed by atoms with van der Waals surface area (Å²) in [6.07, 6.45) is -0.891. The van der Waals surface area contributed by atoms with E-state index < -0.39 is 8.25 Å². The molecule has 0 spiro atoms. The molecular weight excluding hydrogens is 400 g/mol. The highest BCUT2D eigenvalue weighted by molar-refractivity contribution is 9.39. The standard InChI is InChI=1S/C12H7Br3O/c13-12(14,15)11(16)9-5-4-8-10-6-2-1-3-7-10/h1-3,6-7,11,16H/t11-/m1/s1. The molecule has 82 valence electrons. The number of aliphatic hydroxyl groups excluding tert-OH is 1. The van der Waals surface area contributed by atoms with Gasteiger partial charge in [0.2, 0.25) is 0 Å². The van der Waals surface area contributed by atoms with Crippen LogP contribution in [0.2, 0.25) is 0 Å². The summed E-state index contributed by atoms with van der Waals surface area (Å²) < 4.78 is -0.783. The van der Waals surface area contributed by atoms with Gasteiger partial charge in [-0.25, -0.2) is 0 Å². The Morgan fingerprint density at radius 3 is 2.25 bits per heavy atom. The van der Waals surface area contributed by atoms with E-state index in [1.807, 2.05) is 30.3 Å². The van der Waals surface area contributed by atoms with Crippen molar-refractivity contribution in [2.45, 2.75) is 8.25 Å². The van der Waals surface area contributed by atoms with Gasteiger partial charge in [-0.15, -0.1) is 0 Å². The van der Waals surface area contributed by atoms with Gasteiger partial charge in [-0.3, -0.25) is 0 Å². The summed E-state index contributed by atoms with van der Waals surface area (Å²) in [6.45, 7) is 0. The fourth-order valence-electron chi connectivity index (χ4n) is 0.811. The molecule has 0 saturated heterocycles. The van der Waals surface area contributed by atoms with Crippen LogP contribution in [-0.2, 0) is 0 Å². The SMILES string of the molecule is O[C@H](C#CC#Cc1ccccc1)C(Br)(Br)Br. The van der Waals surface area contributed by atoms with Crippen LogP contribution in [0.15, 0.2) is 30.3 Å². The van der Waals surface area contributed by atoms with E-state index in [1.165, 1.54) is 0 Å². The van der Waals surface area contributed by atoms with Crippen LogP contribution < -0.4 is 0 Å². The van der Waals surface area contributed by atoms with Crippen LogP contribution in [0.25, 0.3) is 0 Å². The molecule has 0 amide bonds. The van der Waals surface area contributed by atoms with Crippen LogP contribution in [0.5, 0.6) is 0 Å². The first-order chi connectivity index (χ1) is 7.50. The Bertz CT molecular complexity index is 454. The molecule has 0 fully saturated rings. The Morgan fingerprint density at radius 2 is 1.69 bits per heavy atom. The summed E-state index contributed by atoms with van der Waals surface area (Å²) in [4.78, 5) is 0. The molecule has 1 nitrogen and oxygen atoms in total. The number of halogens is 3. The van der Waals surface area contributed by atoms with Crippen molar-refractivity contribution in [3.8, 4) is 23.7 Å². The first kappa shape index (κ1) is 13.8. The van der Waals surface area contributed by atoms with Crippen LogP contribution in [0.4, 0.5) is 0 Å². The van der Waals surface area contributed by atoms with Gasteiger partial charge in [-0.1, -0.05) is 77.8 Å². The van der Waals surface area contributed by atoms with Gasteiger partial charge >= 0.3 is 0 Å². The van der Waals surface area contributed by atoms with Gasteiger partial charge in [0.25, 0.3) is 0 Å². The number of benzene rings is 1. The molecule has 0 heterocycles. The van der Waals surface area contributed by atoms with Crippen LogP contribution in [-0.4, -0.2) is 13.4 Å². The maximum atomic E-state index is 9.50. The molecule has 1 atom stereocenters. The number of hydrogen-bond donors (Lipinski definition) is 1. The molecule has 0 radical (unpaired) electrons. The second-order valence-corrected chi connectivity index (χ2v) is 9.77. The van der Waals surface area contributed by atoms with E-state index in [2.05, 4.69) is 71.5 Å². The topological polar surface area (TPSA) is 20.2 Å². The van der Waals surface area contributed by atoms with E-state index in [4.69, 9.17) is 0 Å². The molecule has 0 unspecified atom stereocenters. The van der Waals surface area contributed by atoms with Gasteiger partial charge in [0.15, 0.2) is 8.25 Å². The minimum absolute atomic E-state index is 0.783. The molecular formula is C12H7Br3O. The molecule has 0 saturated carbocycles. The average Bonchev–Trinajstić information content (AvgIpc) is 2.24. The van der Waals surface area contributed by atoms with Crippen molar-refractivity contribution in [2.24, 2.45) is 0 Å². The molecule has 1 aromatic rings. The molecule has 0 aromatic heterocycles. The largest absolute Gasteiger partial charge is 0.377 e. The lowest BCUT2D eigenvalue weighted by atomic mass is 10.2. The summed E-state index contributed by atoms with van der Waals surface area (Å²) >= 11 is 9.52. The normalized spacial score (nSPS) is 11.8. The van der Waals surface area contributed by atoms with Crippen LogP contribution in [0.1, 0.15) is 5.56 Å². The van der Waals surface area contributed by atoms with Crippen molar-refractivity contribution in [2.75, 3.05) is 0 Å². The van der Waals surface area contributed by atoms with E-state index in [0.717, 1.165) is 5.56 Å². The third-order valence-electron chi connectivity index (χ3n) is 1.56. The quantitative estimate of drug-likeness (QED) is 0.518. The second kappa shape index (κ2) is 6.47. The predicted octanol–water partition coefficient (Wildman–Crippen LogP) is 3.24. The van der Waals surface area contributed by atoms with Crippen LogP contribution >= 0.6 is 47.8 Å². The van der Waals surface area contributed by atoms with E-state index in [0.29, 0.717) is 0 Å². The number of hydrogen-bond acceptors (Lipinski definition) is 1. The molecule has 1 N–H and O–H groups in total. The zero-order chi connectivity index (χ0) is 12.0. The first-order valence-electron chi connectivity index (χ1n) is 4.31. The van der Waals surface area contributed by atoms with Gasteiger partial charge in [-0.2, -0.15) is 0 Å². The summed E-state index contributed by atoms with van der Waals surface area (Å²) in [7, 11) is 0. The smallest absolute Gasteiger partial charge is 0.171 e. The fraction of sp³-hybridized carbons (Fsp3) is 0.167. The second-order valence-electron chi connectivity index (χ2n) is 2.83. The van der Waals surface area contributed by atoms with Gasteiger partial charge in [-0.05, 0) is 24.0 Å². The maximum absolute atomic E-state index is 9.50. The lowest BCUT2D eigenvalue weighted by molar-refractivity contribution is 0.248. The first-order valence-corrected chi connectivity index (χ1v) is 6.69. The third-order valence-corrected chi connectivity index (χ3v) is 2.86. The van der Waals surface area contributed by atoms with Crippen molar-refractivity contribution in [3.05, 3.63) is 35.9 Å². The van der Waals surface area contributed by atoms with Crippen molar-refractivity contribution < 1.29 is 5.11 Å². The Kier molecular flexibility index (Phi) is 5.58. The fourth-order valence-corrected chi connectivity index (χ4v) is 1.15. The maximum Gasteiger partial charge on any atom is 0.171 e. The highest BCUT2D eigenvalue weighted by Gasteiger charge is 2.26. The van der Waals surface area contributed by atoms with E-state index in [1.54, 1.807) is 0 Å². The lowest BCUT2D eigenvalue weighted by Crippen LogP contribution is -2.20. The molecule has 1 rings (SSSR count).